The van der Waals surface area contributed by atoms with E-state index in [1.807, 2.05) is 29.6 Å². The minimum Gasteiger partial charge on any atom is -0.507 e. The highest BCUT2D eigenvalue weighted by atomic mass is 32.1. The smallest absolute Gasteiger partial charge is 0.204 e. The first-order valence-corrected chi connectivity index (χ1v) is 6.60. The van der Waals surface area contributed by atoms with Crippen molar-refractivity contribution >= 4 is 23.5 Å². The summed E-state index contributed by atoms with van der Waals surface area (Å²) in [6.45, 7) is 0. The molecule has 0 bridgehead atoms. The van der Waals surface area contributed by atoms with Crippen LogP contribution in [-0.2, 0) is 4.79 Å². The number of para-hydroxylation sites is 1. The van der Waals surface area contributed by atoms with Gasteiger partial charge in [0, 0.05) is 17.1 Å². The lowest BCUT2D eigenvalue weighted by Crippen LogP contribution is -1.92. The second-order valence-electron chi connectivity index (χ2n) is 3.61. The molecule has 0 saturated heterocycles. The first-order valence-electron chi connectivity index (χ1n) is 5.76. The van der Waals surface area contributed by atoms with Crippen molar-refractivity contribution in [2.75, 3.05) is 0 Å². The molecule has 1 aromatic heterocycles. The van der Waals surface area contributed by atoms with Gasteiger partial charge in [-0.2, -0.15) is 0 Å². The van der Waals surface area contributed by atoms with E-state index in [9.17, 15) is 5.11 Å². The average molecular weight is 276 g/mol. The van der Waals surface area contributed by atoms with E-state index in [1.165, 1.54) is 17.1 Å². The Bertz CT molecular complexity index is 493. The highest BCUT2D eigenvalue weighted by Gasteiger charge is 2.10. The van der Waals surface area contributed by atoms with Crippen LogP contribution in [-0.4, -0.2) is 15.9 Å². The maximum absolute atomic E-state index is 9.41. The Kier molecular flexibility index (Phi) is 6.97. The quantitative estimate of drug-likeness (QED) is 0.786. The van der Waals surface area contributed by atoms with Gasteiger partial charge >= 0.3 is 0 Å². The molecule has 0 fully saturated rings. The van der Waals surface area contributed by atoms with E-state index in [-0.39, 0.29) is 6.41 Å². The highest BCUT2D eigenvalue weighted by molar-refractivity contribution is 7.03. The summed E-state index contributed by atoms with van der Waals surface area (Å²) in [6.07, 6.45) is 6.45. The Morgan fingerprint density at radius 1 is 1.32 bits per heavy atom. The molecule has 3 rings (SSSR count). The first-order chi connectivity index (χ1) is 9.29. The number of aromatic hydroxyl groups is 1. The van der Waals surface area contributed by atoms with E-state index < -0.39 is 0 Å². The molecular formula is C14H16N2O2S. The molecule has 1 aliphatic carbocycles. The van der Waals surface area contributed by atoms with Gasteiger partial charge in [-0.05, 0) is 42.1 Å². The zero-order valence-electron chi connectivity index (χ0n) is 10.4. The van der Waals surface area contributed by atoms with Crippen LogP contribution in [0.15, 0.2) is 48.0 Å². The van der Waals surface area contributed by atoms with Gasteiger partial charge < -0.3 is 10.8 Å². The number of benzene rings is 1. The summed E-state index contributed by atoms with van der Waals surface area (Å²) >= 11 is 1.46. The molecule has 1 aliphatic rings. The molecule has 0 spiro atoms. The van der Waals surface area contributed by atoms with Crippen molar-refractivity contribution in [1.82, 2.24) is 4.37 Å². The summed E-state index contributed by atoms with van der Waals surface area (Å²) < 4.78 is 3.76. The Balaban J connectivity index is 0.000000188. The number of amides is 1. The van der Waals surface area contributed by atoms with E-state index in [0.29, 0.717) is 5.75 Å². The van der Waals surface area contributed by atoms with Gasteiger partial charge in [-0.15, -0.1) is 0 Å². The SMILES string of the molecule is NC=O.Oc1ccccc1C1=CCC1.c1cnsc1. The second kappa shape index (κ2) is 8.88. The number of primary amides is 1. The number of hydrogen-bond donors (Lipinski definition) is 2. The number of aromatic nitrogens is 1. The third kappa shape index (κ3) is 5.35. The van der Waals surface area contributed by atoms with Crippen LogP contribution in [0, 0.1) is 0 Å². The van der Waals surface area contributed by atoms with Crippen LogP contribution in [0.1, 0.15) is 18.4 Å². The van der Waals surface area contributed by atoms with Crippen LogP contribution in [0.2, 0.25) is 0 Å². The standard InChI is InChI=1S/C10H10O.C3H3NS.CH3NO/c11-10-7-2-1-6-9(10)8-4-3-5-8;1-2-4-5-3-1;2-1-3/h1-2,4,6-7,11H,3,5H2;1-3H;1H,(H2,2,3). The van der Waals surface area contributed by atoms with Gasteiger partial charge in [-0.3, -0.25) is 4.79 Å². The van der Waals surface area contributed by atoms with Gasteiger partial charge in [0.05, 0.1) is 0 Å². The normalized spacial score (nSPS) is 11.7. The van der Waals surface area contributed by atoms with Gasteiger partial charge in [0.15, 0.2) is 0 Å². The molecule has 19 heavy (non-hydrogen) atoms. The van der Waals surface area contributed by atoms with E-state index in [0.717, 1.165) is 18.4 Å². The van der Waals surface area contributed by atoms with Gasteiger partial charge in [-0.1, -0.05) is 24.3 Å². The monoisotopic (exact) mass is 276 g/mol. The number of carbonyl (C=O) groups excluding carboxylic acids is 1. The average Bonchev–Trinajstić information content (AvgIpc) is 2.89. The number of carbonyl (C=O) groups is 1. The van der Waals surface area contributed by atoms with Crippen LogP contribution in [0.4, 0.5) is 0 Å². The number of rotatable bonds is 1. The Hall–Kier alpha value is -2.14. The molecule has 1 amide bonds. The summed E-state index contributed by atoms with van der Waals surface area (Å²) in [5.74, 6) is 0.401. The van der Waals surface area contributed by atoms with Gasteiger partial charge in [0.25, 0.3) is 0 Å². The van der Waals surface area contributed by atoms with E-state index in [2.05, 4.69) is 16.2 Å². The number of phenols is 1. The topological polar surface area (TPSA) is 76.2 Å². The van der Waals surface area contributed by atoms with Crippen molar-refractivity contribution in [3.05, 3.63) is 53.5 Å². The van der Waals surface area contributed by atoms with E-state index >= 15 is 0 Å². The van der Waals surface area contributed by atoms with Crippen LogP contribution in [0.25, 0.3) is 5.57 Å². The Morgan fingerprint density at radius 2 is 2.00 bits per heavy atom. The van der Waals surface area contributed by atoms with Crippen LogP contribution >= 0.6 is 11.5 Å². The zero-order valence-corrected chi connectivity index (χ0v) is 11.2. The molecule has 0 unspecified atom stereocenters. The maximum atomic E-state index is 9.41. The molecule has 0 aliphatic heterocycles. The summed E-state index contributed by atoms with van der Waals surface area (Å²) in [6, 6.07) is 9.39. The largest absolute Gasteiger partial charge is 0.507 e. The number of nitrogens with zero attached hydrogens (tertiary/aromatic N) is 1. The maximum Gasteiger partial charge on any atom is 0.204 e. The minimum atomic E-state index is 0.250. The third-order valence-electron chi connectivity index (χ3n) is 2.40. The lowest BCUT2D eigenvalue weighted by molar-refractivity contribution is -0.106. The molecule has 0 saturated carbocycles. The lowest BCUT2D eigenvalue weighted by atomic mass is 9.91. The predicted octanol–water partition coefficient (Wildman–Crippen LogP) is 2.81. The second-order valence-corrected chi connectivity index (χ2v) is 4.30. The van der Waals surface area contributed by atoms with Crippen molar-refractivity contribution in [2.45, 2.75) is 12.8 Å². The Labute approximate surface area is 116 Å². The molecule has 4 nitrogen and oxygen atoms in total. The summed E-state index contributed by atoms with van der Waals surface area (Å²) in [4.78, 5) is 8.58. The summed E-state index contributed by atoms with van der Waals surface area (Å²) in [5, 5.41) is 11.3. The zero-order chi connectivity index (χ0) is 13.9. The molecule has 1 aromatic carbocycles. The number of allylic oxidation sites excluding steroid dienone is 2. The fourth-order valence-electron chi connectivity index (χ4n) is 1.45. The van der Waals surface area contributed by atoms with E-state index in [1.54, 1.807) is 12.3 Å². The van der Waals surface area contributed by atoms with Gasteiger partial charge in [-0.25, -0.2) is 4.37 Å². The molecule has 0 atom stereocenters. The van der Waals surface area contributed by atoms with Crippen LogP contribution < -0.4 is 5.73 Å². The van der Waals surface area contributed by atoms with Gasteiger partial charge in [0.2, 0.25) is 6.41 Å². The van der Waals surface area contributed by atoms with Crippen molar-refractivity contribution in [1.29, 1.82) is 0 Å². The minimum absolute atomic E-state index is 0.250. The molecule has 100 valence electrons. The predicted molar refractivity (Wildman–Crippen MR) is 77.7 cm³/mol. The van der Waals surface area contributed by atoms with Crippen LogP contribution in [0.3, 0.4) is 0 Å². The van der Waals surface area contributed by atoms with Crippen molar-refractivity contribution in [3.63, 3.8) is 0 Å². The fraction of sp³-hybridized carbons (Fsp3) is 0.143. The van der Waals surface area contributed by atoms with Crippen molar-refractivity contribution in [3.8, 4) is 5.75 Å². The molecule has 3 N–H and O–H groups in total. The first kappa shape index (κ1) is 14.9. The molecule has 5 heteroatoms. The highest BCUT2D eigenvalue weighted by Crippen LogP contribution is 2.33. The summed E-state index contributed by atoms with van der Waals surface area (Å²) in [7, 11) is 0. The Morgan fingerprint density at radius 3 is 2.37 bits per heavy atom. The molecular weight excluding hydrogens is 260 g/mol. The third-order valence-corrected chi connectivity index (χ3v) is 2.92. The molecule has 2 aromatic rings. The number of nitrogens with two attached hydrogens (primary N) is 1. The summed E-state index contributed by atoms with van der Waals surface area (Å²) in [5.41, 5.74) is 6.45. The lowest BCUT2D eigenvalue weighted by Gasteiger charge is -2.15. The fourth-order valence-corrected chi connectivity index (χ4v) is 1.81. The number of phenolic OH excluding ortho intramolecular Hbond substituents is 1. The van der Waals surface area contributed by atoms with Crippen molar-refractivity contribution in [2.24, 2.45) is 5.73 Å². The van der Waals surface area contributed by atoms with Crippen molar-refractivity contribution < 1.29 is 9.90 Å². The molecule has 1 heterocycles. The number of hydrogen-bond acceptors (Lipinski definition) is 4. The molecule has 0 radical (unpaired) electrons. The van der Waals surface area contributed by atoms with Crippen LogP contribution in [0.5, 0.6) is 5.75 Å². The van der Waals surface area contributed by atoms with E-state index in [4.69, 9.17) is 4.79 Å². The van der Waals surface area contributed by atoms with Gasteiger partial charge in [0.1, 0.15) is 5.75 Å².